The summed E-state index contributed by atoms with van der Waals surface area (Å²) in [4.78, 5) is 4.88. The zero-order valence-electron chi connectivity index (χ0n) is 21.2. The van der Waals surface area contributed by atoms with E-state index in [-0.39, 0.29) is 17.2 Å². The minimum absolute atomic E-state index is 0.0610. The van der Waals surface area contributed by atoms with Gasteiger partial charge < -0.3 is 15.3 Å². The van der Waals surface area contributed by atoms with Crippen LogP contribution in [0.2, 0.25) is 0 Å². The topological polar surface area (TPSA) is 73.1 Å². The summed E-state index contributed by atoms with van der Waals surface area (Å²) in [7, 11) is 0. The molecule has 4 aromatic rings. The van der Waals surface area contributed by atoms with Gasteiger partial charge in [0.05, 0.1) is 5.69 Å². The highest BCUT2D eigenvalue weighted by molar-refractivity contribution is 5.87. The molecule has 4 aromatic carbocycles. The maximum Gasteiger partial charge on any atom is 0.128 e. The number of nitrogens with zero attached hydrogens (tertiary/aromatic N) is 1. The number of phenolic OH excluding ortho intramolecular Hbond substituents is 3. The Morgan fingerprint density at radius 2 is 1.00 bits per heavy atom. The van der Waals surface area contributed by atoms with Crippen LogP contribution in [0.25, 0.3) is 0 Å². The highest BCUT2D eigenvalue weighted by Gasteiger charge is 2.25. The summed E-state index contributed by atoms with van der Waals surface area (Å²) in [6.45, 7) is 8.61. The Hall–Kier alpha value is -4.05. The monoisotopic (exact) mass is 479 g/mol. The highest BCUT2D eigenvalue weighted by Crippen LogP contribution is 2.44. The lowest BCUT2D eigenvalue weighted by Crippen LogP contribution is -2.05. The van der Waals surface area contributed by atoms with E-state index < -0.39 is 5.92 Å². The predicted octanol–water partition coefficient (Wildman–Crippen LogP) is 7.98. The molecular formula is C32H33NO3. The summed E-state index contributed by atoms with van der Waals surface area (Å²) >= 11 is 0. The predicted molar refractivity (Wildman–Crippen MR) is 147 cm³/mol. The van der Waals surface area contributed by atoms with Crippen molar-refractivity contribution < 1.29 is 15.3 Å². The van der Waals surface area contributed by atoms with Crippen LogP contribution in [-0.2, 0) is 0 Å². The summed E-state index contributed by atoms with van der Waals surface area (Å²) < 4.78 is 0. The molecule has 0 radical (unpaired) electrons. The average molecular weight is 480 g/mol. The van der Waals surface area contributed by atoms with E-state index >= 15 is 0 Å². The van der Waals surface area contributed by atoms with Gasteiger partial charge in [-0.15, -0.1) is 0 Å². The molecule has 0 fully saturated rings. The van der Waals surface area contributed by atoms with E-state index in [0.717, 1.165) is 16.8 Å². The van der Waals surface area contributed by atoms with Crippen molar-refractivity contribution in [2.24, 2.45) is 4.99 Å². The number of hydrogen-bond donors (Lipinski definition) is 3. The number of para-hydroxylation sites is 4. The van der Waals surface area contributed by atoms with Gasteiger partial charge in [-0.25, -0.2) is 0 Å². The normalized spacial score (nSPS) is 11.8. The van der Waals surface area contributed by atoms with E-state index in [9.17, 15) is 15.3 Å². The third-order valence-corrected chi connectivity index (χ3v) is 6.58. The molecule has 4 heteroatoms. The van der Waals surface area contributed by atoms with E-state index in [2.05, 4.69) is 45.9 Å². The summed E-state index contributed by atoms with van der Waals surface area (Å²) in [5.74, 6) is 0.290. The maximum absolute atomic E-state index is 11.4. The van der Waals surface area contributed by atoms with Crippen LogP contribution in [0.1, 0.15) is 78.8 Å². The number of benzene rings is 4. The number of aliphatic imine (C=N–C) groups is 1. The molecule has 4 nitrogen and oxygen atoms in total. The summed E-state index contributed by atoms with van der Waals surface area (Å²) in [5, 5.41) is 32.8. The Labute approximate surface area is 213 Å². The molecular weight excluding hydrogens is 446 g/mol. The fourth-order valence-electron chi connectivity index (χ4n) is 4.68. The van der Waals surface area contributed by atoms with Crippen molar-refractivity contribution >= 4 is 11.9 Å². The van der Waals surface area contributed by atoms with E-state index in [1.54, 1.807) is 42.6 Å². The molecule has 0 aliphatic heterocycles. The van der Waals surface area contributed by atoms with Gasteiger partial charge in [0.2, 0.25) is 0 Å². The Balaban J connectivity index is 1.86. The lowest BCUT2D eigenvalue weighted by atomic mass is 9.83. The molecule has 4 rings (SSSR count). The van der Waals surface area contributed by atoms with Crippen molar-refractivity contribution in [3.05, 3.63) is 118 Å². The van der Waals surface area contributed by atoms with Crippen molar-refractivity contribution in [2.75, 3.05) is 0 Å². The zero-order valence-corrected chi connectivity index (χ0v) is 21.2. The zero-order chi connectivity index (χ0) is 25.8. The SMILES string of the molecule is CC(C)c1cccc(C(C)C)c1N=Cc1cccc(C(c2ccccc2O)c2ccccc2O)c1O. The quantitative estimate of drug-likeness (QED) is 0.186. The van der Waals surface area contributed by atoms with Crippen LogP contribution in [0.15, 0.2) is 89.9 Å². The van der Waals surface area contributed by atoms with Gasteiger partial charge in [-0.1, -0.05) is 94.4 Å². The van der Waals surface area contributed by atoms with Crippen LogP contribution in [0.3, 0.4) is 0 Å². The van der Waals surface area contributed by atoms with E-state index in [4.69, 9.17) is 4.99 Å². The molecule has 0 unspecified atom stereocenters. The second-order valence-electron chi connectivity index (χ2n) is 9.69. The second-order valence-corrected chi connectivity index (χ2v) is 9.69. The Bertz CT molecular complexity index is 1320. The molecule has 0 heterocycles. The van der Waals surface area contributed by atoms with Gasteiger partial charge in [0.15, 0.2) is 0 Å². The van der Waals surface area contributed by atoms with Crippen molar-refractivity contribution in [1.82, 2.24) is 0 Å². The molecule has 36 heavy (non-hydrogen) atoms. The molecule has 0 aliphatic carbocycles. The Kier molecular flexibility index (Phi) is 7.44. The van der Waals surface area contributed by atoms with Crippen molar-refractivity contribution in [3.63, 3.8) is 0 Å². The van der Waals surface area contributed by atoms with Crippen molar-refractivity contribution in [1.29, 1.82) is 0 Å². The van der Waals surface area contributed by atoms with Gasteiger partial charge in [0, 0.05) is 34.4 Å². The Morgan fingerprint density at radius 3 is 1.50 bits per heavy atom. The van der Waals surface area contributed by atoms with Crippen LogP contribution < -0.4 is 0 Å². The van der Waals surface area contributed by atoms with Crippen LogP contribution in [0.5, 0.6) is 17.2 Å². The lowest BCUT2D eigenvalue weighted by molar-refractivity contribution is 0.450. The van der Waals surface area contributed by atoms with Crippen LogP contribution in [-0.4, -0.2) is 21.5 Å². The minimum Gasteiger partial charge on any atom is -0.508 e. The molecule has 0 bridgehead atoms. The largest absolute Gasteiger partial charge is 0.508 e. The molecule has 0 atom stereocenters. The fraction of sp³-hybridized carbons (Fsp3) is 0.219. The summed E-state index contributed by atoms with van der Waals surface area (Å²) in [5.41, 5.74) is 5.58. The van der Waals surface area contributed by atoms with E-state index in [1.807, 2.05) is 30.3 Å². The third-order valence-electron chi connectivity index (χ3n) is 6.58. The van der Waals surface area contributed by atoms with Gasteiger partial charge in [0.1, 0.15) is 17.2 Å². The van der Waals surface area contributed by atoms with E-state index in [1.165, 1.54) is 0 Å². The number of hydrogen-bond acceptors (Lipinski definition) is 4. The standard InChI is InChI=1S/C32H33NO3/c1-20(2)23-14-10-15-24(21(3)4)31(23)33-19-22-11-9-16-27(32(22)36)30(25-12-5-7-17-28(25)34)26-13-6-8-18-29(26)35/h5-21,30,34-36H,1-4H3. The lowest BCUT2D eigenvalue weighted by Gasteiger charge is -2.22. The smallest absolute Gasteiger partial charge is 0.128 e. The van der Waals surface area contributed by atoms with Gasteiger partial charge in [-0.3, -0.25) is 4.99 Å². The molecule has 0 aromatic heterocycles. The molecule has 0 amide bonds. The van der Waals surface area contributed by atoms with E-state index in [0.29, 0.717) is 34.1 Å². The maximum atomic E-state index is 11.4. The van der Waals surface area contributed by atoms with Gasteiger partial charge in [-0.05, 0) is 41.2 Å². The van der Waals surface area contributed by atoms with Crippen LogP contribution >= 0.6 is 0 Å². The Morgan fingerprint density at radius 1 is 0.556 bits per heavy atom. The molecule has 184 valence electrons. The first kappa shape index (κ1) is 25.1. The highest BCUT2D eigenvalue weighted by atomic mass is 16.3. The third kappa shape index (κ3) is 4.99. The molecule has 0 aliphatic rings. The summed E-state index contributed by atoms with van der Waals surface area (Å²) in [6, 6.07) is 25.8. The molecule has 0 saturated carbocycles. The van der Waals surface area contributed by atoms with Crippen molar-refractivity contribution in [2.45, 2.75) is 45.4 Å². The number of rotatable bonds is 7. The fourth-order valence-corrected chi connectivity index (χ4v) is 4.68. The molecule has 0 saturated heterocycles. The van der Waals surface area contributed by atoms with Gasteiger partial charge in [0.25, 0.3) is 0 Å². The first-order valence-corrected chi connectivity index (χ1v) is 12.3. The number of aromatic hydroxyl groups is 3. The van der Waals surface area contributed by atoms with Gasteiger partial charge >= 0.3 is 0 Å². The van der Waals surface area contributed by atoms with Crippen molar-refractivity contribution in [3.8, 4) is 17.2 Å². The second kappa shape index (κ2) is 10.7. The molecule has 3 N–H and O–H groups in total. The average Bonchev–Trinajstić information content (AvgIpc) is 2.86. The van der Waals surface area contributed by atoms with Crippen LogP contribution in [0.4, 0.5) is 5.69 Å². The first-order chi connectivity index (χ1) is 17.3. The molecule has 0 spiro atoms. The number of phenols is 3. The summed E-state index contributed by atoms with van der Waals surface area (Å²) in [6.07, 6.45) is 1.71. The van der Waals surface area contributed by atoms with Crippen LogP contribution in [0, 0.1) is 0 Å². The van der Waals surface area contributed by atoms with Gasteiger partial charge in [-0.2, -0.15) is 0 Å². The minimum atomic E-state index is -0.574. The first-order valence-electron chi connectivity index (χ1n) is 12.3.